The Balaban J connectivity index is 1.45. The molecule has 2 amide bonds. The summed E-state index contributed by atoms with van der Waals surface area (Å²) in [7, 11) is 0. The Hall–Kier alpha value is -2.69. The molecule has 140 valence electrons. The van der Waals surface area contributed by atoms with E-state index in [1.165, 1.54) is 30.4 Å². The number of aromatic nitrogens is 1. The fourth-order valence-corrected chi connectivity index (χ4v) is 4.04. The fourth-order valence-electron chi connectivity index (χ4n) is 4.04. The summed E-state index contributed by atoms with van der Waals surface area (Å²) in [6.07, 6.45) is 8.07. The van der Waals surface area contributed by atoms with Crippen LogP contribution in [0.1, 0.15) is 64.1 Å². The zero-order chi connectivity index (χ0) is 18.6. The number of amides is 2. The fraction of sp³-hybridized carbons (Fsp3) is 0.409. The van der Waals surface area contributed by atoms with Crippen LogP contribution in [0.15, 0.2) is 42.6 Å². The molecule has 2 aliphatic rings. The van der Waals surface area contributed by atoms with Gasteiger partial charge in [-0.25, -0.2) is 0 Å². The van der Waals surface area contributed by atoms with Gasteiger partial charge in [0, 0.05) is 30.9 Å². The van der Waals surface area contributed by atoms with Crippen LogP contribution in [-0.4, -0.2) is 34.3 Å². The third-order valence-electron chi connectivity index (χ3n) is 5.60. The molecule has 1 aromatic carbocycles. The summed E-state index contributed by atoms with van der Waals surface area (Å²) in [6.45, 7) is 1.27. The number of hydrogen-bond donors (Lipinski definition) is 1. The highest BCUT2D eigenvalue weighted by molar-refractivity contribution is 5.98. The zero-order valence-corrected chi connectivity index (χ0v) is 15.5. The second kappa shape index (κ2) is 7.91. The maximum Gasteiger partial charge on any atom is 0.272 e. The average molecular weight is 363 g/mol. The van der Waals surface area contributed by atoms with Gasteiger partial charge in [-0.1, -0.05) is 43.5 Å². The van der Waals surface area contributed by atoms with Crippen LogP contribution >= 0.6 is 0 Å². The van der Waals surface area contributed by atoms with Gasteiger partial charge in [0.05, 0.1) is 0 Å². The number of rotatable bonds is 3. The molecule has 5 heteroatoms. The van der Waals surface area contributed by atoms with E-state index in [1.807, 2.05) is 17.0 Å². The molecule has 1 aliphatic carbocycles. The van der Waals surface area contributed by atoms with Gasteiger partial charge in [-0.05, 0) is 42.5 Å². The summed E-state index contributed by atoms with van der Waals surface area (Å²) < 4.78 is 0. The monoisotopic (exact) mass is 363 g/mol. The van der Waals surface area contributed by atoms with Gasteiger partial charge in [0.25, 0.3) is 11.8 Å². The topological polar surface area (TPSA) is 62.3 Å². The SMILES string of the molecule is O=C(NC1CCCCC1)c1ccnc(C(=O)N2CCc3ccccc3C2)c1. The number of benzene rings is 1. The highest BCUT2D eigenvalue weighted by Crippen LogP contribution is 2.21. The van der Waals surface area contributed by atoms with Crippen LogP contribution in [0.2, 0.25) is 0 Å². The van der Waals surface area contributed by atoms with Crippen LogP contribution in [0.25, 0.3) is 0 Å². The van der Waals surface area contributed by atoms with Crippen molar-refractivity contribution >= 4 is 11.8 Å². The van der Waals surface area contributed by atoms with Crippen LogP contribution < -0.4 is 5.32 Å². The van der Waals surface area contributed by atoms with E-state index >= 15 is 0 Å². The minimum Gasteiger partial charge on any atom is -0.349 e. The Bertz CT molecular complexity index is 843. The Labute approximate surface area is 159 Å². The van der Waals surface area contributed by atoms with E-state index in [4.69, 9.17) is 0 Å². The number of nitrogens with zero attached hydrogens (tertiary/aromatic N) is 2. The van der Waals surface area contributed by atoms with Gasteiger partial charge in [0.2, 0.25) is 0 Å². The summed E-state index contributed by atoms with van der Waals surface area (Å²) in [4.78, 5) is 31.5. The highest BCUT2D eigenvalue weighted by Gasteiger charge is 2.23. The molecule has 5 nitrogen and oxygen atoms in total. The van der Waals surface area contributed by atoms with Crippen molar-refractivity contribution in [1.82, 2.24) is 15.2 Å². The van der Waals surface area contributed by atoms with Crippen molar-refractivity contribution in [3.8, 4) is 0 Å². The van der Waals surface area contributed by atoms with Crippen LogP contribution in [0.4, 0.5) is 0 Å². The molecule has 1 fully saturated rings. The Morgan fingerprint density at radius 1 is 1.04 bits per heavy atom. The van der Waals surface area contributed by atoms with Gasteiger partial charge in [0.15, 0.2) is 0 Å². The number of carbonyl (C=O) groups is 2. The number of pyridine rings is 1. The van der Waals surface area contributed by atoms with Gasteiger partial charge in [-0.15, -0.1) is 0 Å². The Kier molecular flexibility index (Phi) is 5.19. The number of hydrogen-bond acceptors (Lipinski definition) is 3. The van der Waals surface area contributed by atoms with Gasteiger partial charge in [-0.2, -0.15) is 0 Å². The molecule has 1 aliphatic heterocycles. The lowest BCUT2D eigenvalue weighted by Gasteiger charge is -2.28. The number of carbonyl (C=O) groups excluding carboxylic acids is 2. The zero-order valence-electron chi connectivity index (χ0n) is 15.5. The van der Waals surface area contributed by atoms with Crippen molar-refractivity contribution in [2.24, 2.45) is 0 Å². The van der Waals surface area contributed by atoms with E-state index < -0.39 is 0 Å². The molecule has 0 unspecified atom stereocenters. The van der Waals surface area contributed by atoms with Crippen LogP contribution in [0.3, 0.4) is 0 Å². The van der Waals surface area contributed by atoms with Crippen LogP contribution in [-0.2, 0) is 13.0 Å². The molecular formula is C22H25N3O2. The largest absolute Gasteiger partial charge is 0.349 e. The smallest absolute Gasteiger partial charge is 0.272 e. The first-order valence-corrected chi connectivity index (χ1v) is 9.84. The van der Waals surface area contributed by atoms with Crippen LogP contribution in [0, 0.1) is 0 Å². The van der Waals surface area contributed by atoms with Gasteiger partial charge < -0.3 is 10.2 Å². The predicted molar refractivity (Wildman–Crippen MR) is 103 cm³/mol. The summed E-state index contributed by atoms with van der Waals surface area (Å²) in [5.41, 5.74) is 3.33. The average Bonchev–Trinajstić information content (AvgIpc) is 2.73. The summed E-state index contributed by atoms with van der Waals surface area (Å²) in [5.74, 6) is -0.223. The molecule has 1 saturated carbocycles. The minimum atomic E-state index is -0.114. The normalized spacial score (nSPS) is 17.3. The Morgan fingerprint density at radius 3 is 2.63 bits per heavy atom. The molecule has 1 N–H and O–H groups in total. The lowest BCUT2D eigenvalue weighted by atomic mass is 9.95. The summed E-state index contributed by atoms with van der Waals surface area (Å²) in [5, 5.41) is 3.10. The molecule has 0 bridgehead atoms. The van der Waals surface area contributed by atoms with E-state index in [0.717, 1.165) is 19.3 Å². The van der Waals surface area contributed by atoms with E-state index in [2.05, 4.69) is 22.4 Å². The number of nitrogens with one attached hydrogen (secondary N) is 1. The van der Waals surface area contributed by atoms with E-state index in [0.29, 0.717) is 24.3 Å². The first kappa shape index (κ1) is 17.7. The molecule has 2 heterocycles. The van der Waals surface area contributed by atoms with E-state index in [-0.39, 0.29) is 17.9 Å². The quantitative estimate of drug-likeness (QED) is 0.910. The molecular weight excluding hydrogens is 338 g/mol. The number of fused-ring (bicyclic) bond motifs is 1. The predicted octanol–water partition coefficient (Wildman–Crippen LogP) is 3.34. The van der Waals surface area contributed by atoms with Gasteiger partial charge in [-0.3, -0.25) is 14.6 Å². The van der Waals surface area contributed by atoms with E-state index in [1.54, 1.807) is 18.3 Å². The maximum atomic E-state index is 12.9. The van der Waals surface area contributed by atoms with Crippen molar-refractivity contribution in [3.63, 3.8) is 0 Å². The summed E-state index contributed by atoms with van der Waals surface area (Å²) >= 11 is 0. The van der Waals surface area contributed by atoms with Crippen molar-refractivity contribution in [2.45, 2.75) is 51.1 Å². The van der Waals surface area contributed by atoms with Crippen molar-refractivity contribution in [3.05, 3.63) is 65.0 Å². The second-order valence-electron chi connectivity index (χ2n) is 7.48. The molecule has 0 radical (unpaired) electrons. The molecule has 0 atom stereocenters. The third kappa shape index (κ3) is 4.02. The van der Waals surface area contributed by atoms with Crippen LogP contribution in [0.5, 0.6) is 0 Å². The standard InChI is InChI=1S/C22H25N3O2/c26-21(24-19-8-2-1-3-9-19)17-10-12-23-20(14-17)22(27)25-13-11-16-6-4-5-7-18(16)15-25/h4-7,10,12,14,19H,1-3,8-9,11,13,15H2,(H,24,26). The first-order chi connectivity index (χ1) is 13.2. The lowest BCUT2D eigenvalue weighted by Crippen LogP contribution is -2.37. The molecule has 0 spiro atoms. The van der Waals surface area contributed by atoms with E-state index in [9.17, 15) is 9.59 Å². The second-order valence-corrected chi connectivity index (χ2v) is 7.48. The summed E-state index contributed by atoms with van der Waals surface area (Å²) in [6, 6.07) is 11.8. The van der Waals surface area contributed by atoms with Crippen molar-refractivity contribution < 1.29 is 9.59 Å². The molecule has 4 rings (SSSR count). The highest BCUT2D eigenvalue weighted by atomic mass is 16.2. The first-order valence-electron chi connectivity index (χ1n) is 9.84. The lowest BCUT2D eigenvalue weighted by molar-refractivity contribution is 0.0728. The minimum absolute atomic E-state index is 0.109. The molecule has 0 saturated heterocycles. The Morgan fingerprint density at radius 2 is 1.81 bits per heavy atom. The van der Waals surface area contributed by atoms with Gasteiger partial charge >= 0.3 is 0 Å². The third-order valence-corrected chi connectivity index (χ3v) is 5.60. The van der Waals surface area contributed by atoms with Gasteiger partial charge in [0.1, 0.15) is 5.69 Å². The molecule has 1 aromatic heterocycles. The molecule has 27 heavy (non-hydrogen) atoms. The molecule has 2 aromatic rings. The van der Waals surface area contributed by atoms with Crippen molar-refractivity contribution in [1.29, 1.82) is 0 Å². The maximum absolute atomic E-state index is 12.9. The van der Waals surface area contributed by atoms with Crippen molar-refractivity contribution in [2.75, 3.05) is 6.54 Å².